The second-order valence-corrected chi connectivity index (χ2v) is 7.54. The van der Waals surface area contributed by atoms with Gasteiger partial charge in [-0.25, -0.2) is 4.98 Å². The zero-order valence-electron chi connectivity index (χ0n) is 12.0. The lowest BCUT2D eigenvalue weighted by Gasteiger charge is -2.34. The number of rotatable bonds is 6. The molecule has 19 heavy (non-hydrogen) atoms. The second kappa shape index (κ2) is 7.55. The Kier molecular flexibility index (Phi) is 6.04. The van der Waals surface area contributed by atoms with Crippen molar-refractivity contribution in [1.82, 2.24) is 20.1 Å². The van der Waals surface area contributed by atoms with Gasteiger partial charge in [-0.15, -0.1) is 0 Å². The topological polar surface area (TPSA) is 42.7 Å². The molecule has 0 bridgehead atoms. The average Bonchev–Trinajstić information content (AvgIpc) is 2.86. The van der Waals surface area contributed by atoms with Crippen molar-refractivity contribution in [3.63, 3.8) is 0 Å². The number of hydrogen-bond donors (Lipinski definition) is 1. The van der Waals surface area contributed by atoms with E-state index in [1.165, 1.54) is 11.5 Å². The number of hydrogen-bond acceptors (Lipinski definition) is 5. The van der Waals surface area contributed by atoms with Crippen molar-refractivity contribution in [2.45, 2.75) is 50.3 Å². The molecule has 3 unspecified atom stereocenters. The molecule has 0 aromatic carbocycles. The number of likely N-dealkylation sites (N-methyl/N-ethyl adjacent to an activating group) is 1. The monoisotopic (exact) mass is 300 g/mol. The molecular formula is C13H24N4S2. The number of nitrogens with one attached hydrogen (secondary N) is 1. The van der Waals surface area contributed by atoms with Gasteiger partial charge >= 0.3 is 0 Å². The van der Waals surface area contributed by atoms with E-state index < -0.39 is 0 Å². The molecule has 3 atom stereocenters. The van der Waals surface area contributed by atoms with Gasteiger partial charge in [-0.05, 0) is 13.5 Å². The van der Waals surface area contributed by atoms with Gasteiger partial charge in [0.05, 0.1) is 0 Å². The lowest BCUT2D eigenvalue weighted by molar-refractivity contribution is 0.474. The molecule has 0 saturated carbocycles. The summed E-state index contributed by atoms with van der Waals surface area (Å²) in [6.07, 6.45) is 2.65. The Morgan fingerprint density at radius 2 is 2.21 bits per heavy atom. The Hall–Kier alpha value is -0.200. The summed E-state index contributed by atoms with van der Waals surface area (Å²) in [6.45, 7) is 8.57. The van der Waals surface area contributed by atoms with Gasteiger partial charge in [0.2, 0.25) is 0 Å². The standard InChI is InChI=1S/C13H24N4S2/c1-4-14-11(13-10(3)18-6-7-19-13)8-12-15-9-16-17(12)5-2/h9-11,13-14H,4-8H2,1-3H3. The van der Waals surface area contributed by atoms with Crippen molar-refractivity contribution in [1.29, 1.82) is 0 Å². The Morgan fingerprint density at radius 1 is 1.42 bits per heavy atom. The van der Waals surface area contributed by atoms with Crippen LogP contribution in [0.1, 0.15) is 26.6 Å². The Labute approximate surface area is 124 Å². The van der Waals surface area contributed by atoms with E-state index in [9.17, 15) is 0 Å². The average molecular weight is 300 g/mol. The van der Waals surface area contributed by atoms with Gasteiger partial charge < -0.3 is 5.32 Å². The van der Waals surface area contributed by atoms with Gasteiger partial charge in [0, 0.05) is 41.0 Å². The molecule has 2 rings (SSSR count). The summed E-state index contributed by atoms with van der Waals surface area (Å²) in [5.74, 6) is 3.66. The highest BCUT2D eigenvalue weighted by atomic mass is 32.2. The maximum Gasteiger partial charge on any atom is 0.138 e. The normalized spacial score (nSPS) is 25.4. The molecule has 1 N–H and O–H groups in total. The molecule has 1 aliphatic rings. The van der Waals surface area contributed by atoms with Gasteiger partial charge in [-0.1, -0.05) is 13.8 Å². The summed E-state index contributed by atoms with van der Waals surface area (Å²) in [5, 5.41) is 9.31. The number of nitrogens with zero attached hydrogens (tertiary/aromatic N) is 3. The predicted molar refractivity (Wildman–Crippen MR) is 85.0 cm³/mol. The second-order valence-electron chi connectivity index (χ2n) is 4.77. The van der Waals surface area contributed by atoms with Crippen LogP contribution >= 0.6 is 23.5 Å². The lowest BCUT2D eigenvalue weighted by Crippen LogP contribution is -2.46. The SMILES string of the molecule is CCNC(Cc1ncnn1CC)C1SCCSC1C. The van der Waals surface area contributed by atoms with E-state index in [0.717, 1.165) is 25.3 Å². The molecule has 0 amide bonds. The molecule has 0 spiro atoms. The first-order valence-electron chi connectivity index (χ1n) is 7.09. The van der Waals surface area contributed by atoms with E-state index in [2.05, 4.69) is 59.7 Å². The minimum absolute atomic E-state index is 0.493. The third-order valence-electron chi connectivity index (χ3n) is 3.50. The zero-order chi connectivity index (χ0) is 13.7. The first kappa shape index (κ1) is 15.2. The molecule has 108 valence electrons. The Bertz CT molecular complexity index is 382. The fourth-order valence-corrected chi connectivity index (χ4v) is 5.53. The van der Waals surface area contributed by atoms with E-state index in [4.69, 9.17) is 0 Å². The molecule has 1 aromatic heterocycles. The highest BCUT2D eigenvalue weighted by Crippen LogP contribution is 2.33. The van der Waals surface area contributed by atoms with E-state index in [0.29, 0.717) is 16.5 Å². The minimum Gasteiger partial charge on any atom is -0.313 e. The Morgan fingerprint density at radius 3 is 2.89 bits per heavy atom. The van der Waals surface area contributed by atoms with Crippen LogP contribution in [0.5, 0.6) is 0 Å². The van der Waals surface area contributed by atoms with Crippen LogP contribution < -0.4 is 5.32 Å². The first-order valence-corrected chi connectivity index (χ1v) is 9.19. The van der Waals surface area contributed by atoms with Crippen LogP contribution in [-0.4, -0.2) is 49.4 Å². The van der Waals surface area contributed by atoms with Crippen LogP contribution in [0.4, 0.5) is 0 Å². The van der Waals surface area contributed by atoms with Crippen LogP contribution in [0.3, 0.4) is 0 Å². The molecule has 4 nitrogen and oxygen atoms in total. The van der Waals surface area contributed by atoms with Crippen molar-refractivity contribution in [2.24, 2.45) is 0 Å². The van der Waals surface area contributed by atoms with Crippen molar-refractivity contribution in [3.05, 3.63) is 12.2 Å². The first-order chi connectivity index (χ1) is 9.26. The highest BCUT2D eigenvalue weighted by Gasteiger charge is 2.30. The van der Waals surface area contributed by atoms with E-state index in [1.54, 1.807) is 6.33 Å². The van der Waals surface area contributed by atoms with Gasteiger partial charge in [-0.3, -0.25) is 4.68 Å². The van der Waals surface area contributed by atoms with Gasteiger partial charge in [0.15, 0.2) is 0 Å². The number of aromatic nitrogens is 3. The van der Waals surface area contributed by atoms with Crippen molar-refractivity contribution >= 4 is 23.5 Å². The fourth-order valence-electron chi connectivity index (χ4n) is 2.57. The van der Waals surface area contributed by atoms with E-state index >= 15 is 0 Å². The van der Waals surface area contributed by atoms with Gasteiger partial charge in [0.1, 0.15) is 12.2 Å². The largest absolute Gasteiger partial charge is 0.313 e. The maximum atomic E-state index is 4.42. The van der Waals surface area contributed by atoms with Gasteiger partial charge in [0.25, 0.3) is 0 Å². The molecule has 0 aliphatic carbocycles. The third-order valence-corrected chi connectivity index (χ3v) is 6.75. The third kappa shape index (κ3) is 3.89. The maximum absolute atomic E-state index is 4.42. The summed E-state index contributed by atoms with van der Waals surface area (Å²) in [4.78, 5) is 4.42. The summed E-state index contributed by atoms with van der Waals surface area (Å²) in [5.41, 5.74) is 0. The smallest absolute Gasteiger partial charge is 0.138 e. The number of thioether (sulfide) groups is 2. The quantitative estimate of drug-likeness (QED) is 0.871. The molecule has 0 radical (unpaired) electrons. The summed E-state index contributed by atoms with van der Waals surface area (Å²) in [7, 11) is 0. The molecule has 1 fully saturated rings. The zero-order valence-corrected chi connectivity index (χ0v) is 13.6. The Balaban J connectivity index is 2.06. The molecule has 1 aliphatic heterocycles. The van der Waals surface area contributed by atoms with Crippen molar-refractivity contribution in [2.75, 3.05) is 18.1 Å². The molecule has 6 heteroatoms. The predicted octanol–water partition coefficient (Wildman–Crippen LogP) is 2.06. The van der Waals surface area contributed by atoms with Crippen LogP contribution in [0.25, 0.3) is 0 Å². The van der Waals surface area contributed by atoms with E-state index in [-0.39, 0.29) is 0 Å². The molecule has 1 aromatic rings. The fraction of sp³-hybridized carbons (Fsp3) is 0.846. The van der Waals surface area contributed by atoms with Crippen molar-refractivity contribution < 1.29 is 0 Å². The summed E-state index contributed by atoms with van der Waals surface area (Å²) >= 11 is 4.21. The van der Waals surface area contributed by atoms with Crippen LogP contribution in [0, 0.1) is 0 Å². The molecular weight excluding hydrogens is 276 g/mol. The van der Waals surface area contributed by atoms with Gasteiger partial charge in [-0.2, -0.15) is 28.6 Å². The summed E-state index contributed by atoms with van der Waals surface area (Å²) in [6, 6.07) is 0.493. The minimum atomic E-state index is 0.493. The molecule has 1 saturated heterocycles. The van der Waals surface area contributed by atoms with Crippen LogP contribution in [-0.2, 0) is 13.0 Å². The number of aryl methyl sites for hydroxylation is 1. The lowest BCUT2D eigenvalue weighted by atomic mass is 10.1. The molecule has 2 heterocycles. The van der Waals surface area contributed by atoms with Crippen LogP contribution in [0.15, 0.2) is 6.33 Å². The van der Waals surface area contributed by atoms with E-state index in [1.807, 2.05) is 4.68 Å². The van der Waals surface area contributed by atoms with Crippen molar-refractivity contribution in [3.8, 4) is 0 Å². The summed E-state index contributed by atoms with van der Waals surface area (Å²) < 4.78 is 2.01. The highest BCUT2D eigenvalue weighted by molar-refractivity contribution is 8.07. The van der Waals surface area contributed by atoms with Crippen LogP contribution in [0.2, 0.25) is 0 Å².